The van der Waals surface area contributed by atoms with Crippen LogP contribution in [0.25, 0.3) is 0 Å². The summed E-state index contributed by atoms with van der Waals surface area (Å²) in [5.41, 5.74) is 9.57. The number of anilines is 1. The van der Waals surface area contributed by atoms with Gasteiger partial charge >= 0.3 is 0 Å². The van der Waals surface area contributed by atoms with Crippen molar-refractivity contribution in [1.82, 2.24) is 4.90 Å². The van der Waals surface area contributed by atoms with Gasteiger partial charge in [0.15, 0.2) is 0 Å². The zero-order valence-corrected chi connectivity index (χ0v) is 19.1. The Labute approximate surface area is 185 Å². The predicted molar refractivity (Wildman–Crippen MR) is 124 cm³/mol. The van der Waals surface area contributed by atoms with Gasteiger partial charge in [-0.15, -0.1) is 0 Å². The van der Waals surface area contributed by atoms with Crippen LogP contribution in [-0.2, 0) is 5.41 Å². The predicted octanol–water partition coefficient (Wildman–Crippen LogP) is 5.52. The Kier molecular flexibility index (Phi) is 5.86. The Morgan fingerprint density at radius 2 is 1.87 bits per heavy atom. The van der Waals surface area contributed by atoms with Crippen molar-refractivity contribution in [3.63, 3.8) is 0 Å². The van der Waals surface area contributed by atoms with Crippen molar-refractivity contribution in [2.75, 3.05) is 31.1 Å². The fourth-order valence-corrected chi connectivity index (χ4v) is 5.55. The van der Waals surface area contributed by atoms with E-state index in [1.165, 1.54) is 16.8 Å². The van der Waals surface area contributed by atoms with E-state index in [0.29, 0.717) is 6.54 Å². The number of piperidine rings is 1. The summed E-state index contributed by atoms with van der Waals surface area (Å²) in [6.45, 7) is 10.2. The topological polar surface area (TPSA) is 32.5 Å². The molecule has 0 bridgehead atoms. The molecule has 0 saturated carbocycles. The first-order valence-electron chi connectivity index (χ1n) is 11.0. The maximum Gasteiger partial charge on any atom is 0.123 e. The molecule has 0 aromatic heterocycles. The standard InChI is InChI=1S/C25H33ClFN3/c1-24(2,3)30-17-25(21-15-20(27)9-10-23(21)30)12-4-14-29(16-25)22(11-13-28)18-5-7-19(26)8-6-18/h5-10,15,22H,4,11-14,16-17,28H2,1-3H3/t22-,25-/m1/s1. The van der Waals surface area contributed by atoms with E-state index in [-0.39, 0.29) is 22.8 Å². The van der Waals surface area contributed by atoms with E-state index in [1.54, 1.807) is 12.1 Å². The fourth-order valence-electron chi connectivity index (χ4n) is 5.43. The zero-order chi connectivity index (χ0) is 21.5. The zero-order valence-electron chi connectivity index (χ0n) is 18.3. The molecule has 2 N–H and O–H groups in total. The summed E-state index contributed by atoms with van der Waals surface area (Å²) >= 11 is 6.13. The summed E-state index contributed by atoms with van der Waals surface area (Å²) in [4.78, 5) is 5.03. The molecule has 5 heteroatoms. The molecule has 0 radical (unpaired) electrons. The van der Waals surface area contributed by atoms with Gasteiger partial charge in [-0.2, -0.15) is 0 Å². The van der Waals surface area contributed by atoms with E-state index in [2.05, 4.69) is 42.7 Å². The number of hydrogen-bond donors (Lipinski definition) is 1. The van der Waals surface area contributed by atoms with Crippen molar-refractivity contribution < 1.29 is 4.39 Å². The second-order valence-electron chi connectivity index (χ2n) is 9.92. The van der Waals surface area contributed by atoms with E-state index in [0.717, 1.165) is 43.9 Å². The fraction of sp³-hybridized carbons (Fsp3) is 0.520. The minimum absolute atomic E-state index is 0.00873. The number of nitrogens with two attached hydrogens (primary N) is 1. The molecule has 2 aliphatic rings. The second-order valence-corrected chi connectivity index (χ2v) is 10.4. The Morgan fingerprint density at radius 1 is 1.13 bits per heavy atom. The molecule has 0 amide bonds. The first-order valence-corrected chi connectivity index (χ1v) is 11.4. The molecule has 30 heavy (non-hydrogen) atoms. The molecule has 0 unspecified atom stereocenters. The highest BCUT2D eigenvalue weighted by Gasteiger charge is 2.48. The lowest BCUT2D eigenvalue weighted by Gasteiger charge is -2.45. The molecule has 162 valence electrons. The van der Waals surface area contributed by atoms with Crippen molar-refractivity contribution in [2.45, 2.75) is 57.0 Å². The van der Waals surface area contributed by atoms with Gasteiger partial charge in [0.2, 0.25) is 0 Å². The van der Waals surface area contributed by atoms with Crippen LogP contribution in [0.1, 0.15) is 57.2 Å². The lowest BCUT2D eigenvalue weighted by Crippen LogP contribution is -2.52. The SMILES string of the molecule is CC(C)(C)N1C[C@]2(CCCN([C@H](CCN)c3ccc(Cl)cc3)C2)c2cc(F)ccc21. The minimum Gasteiger partial charge on any atom is -0.366 e. The van der Waals surface area contributed by atoms with Gasteiger partial charge in [0.1, 0.15) is 5.82 Å². The van der Waals surface area contributed by atoms with Gasteiger partial charge in [-0.3, -0.25) is 4.90 Å². The van der Waals surface area contributed by atoms with E-state index in [4.69, 9.17) is 17.3 Å². The van der Waals surface area contributed by atoms with Crippen LogP contribution in [0.2, 0.25) is 5.02 Å². The molecule has 2 heterocycles. The van der Waals surface area contributed by atoms with Crippen molar-refractivity contribution in [2.24, 2.45) is 5.73 Å². The number of hydrogen-bond acceptors (Lipinski definition) is 3. The van der Waals surface area contributed by atoms with Gasteiger partial charge in [-0.25, -0.2) is 4.39 Å². The Bertz CT molecular complexity index is 892. The van der Waals surface area contributed by atoms with Crippen LogP contribution in [-0.4, -0.2) is 36.6 Å². The van der Waals surface area contributed by atoms with Crippen LogP contribution < -0.4 is 10.6 Å². The molecule has 2 aromatic carbocycles. The molecule has 1 fully saturated rings. The molecule has 2 atom stereocenters. The van der Waals surface area contributed by atoms with Crippen LogP contribution in [0.15, 0.2) is 42.5 Å². The van der Waals surface area contributed by atoms with Crippen LogP contribution in [0.5, 0.6) is 0 Å². The third-order valence-electron chi connectivity index (χ3n) is 6.83. The maximum absolute atomic E-state index is 14.3. The van der Waals surface area contributed by atoms with Gasteiger partial charge in [0.05, 0.1) is 0 Å². The largest absolute Gasteiger partial charge is 0.366 e. The van der Waals surface area contributed by atoms with Gasteiger partial charge in [-0.05, 0) is 94.6 Å². The third-order valence-corrected chi connectivity index (χ3v) is 7.09. The van der Waals surface area contributed by atoms with E-state index < -0.39 is 0 Å². The van der Waals surface area contributed by atoms with Crippen molar-refractivity contribution in [3.05, 3.63) is 64.4 Å². The molecule has 2 aliphatic heterocycles. The Hall–Kier alpha value is -1.62. The number of halogens is 2. The third kappa shape index (κ3) is 3.98. The molecule has 2 aromatic rings. The van der Waals surface area contributed by atoms with Gasteiger partial charge < -0.3 is 10.6 Å². The number of rotatable bonds is 4. The first kappa shape index (κ1) is 21.6. The van der Waals surface area contributed by atoms with Crippen LogP contribution in [0, 0.1) is 5.82 Å². The average Bonchev–Trinajstić information content (AvgIpc) is 3.00. The lowest BCUT2D eigenvalue weighted by molar-refractivity contribution is 0.102. The Balaban J connectivity index is 1.70. The monoisotopic (exact) mass is 429 g/mol. The first-order chi connectivity index (χ1) is 14.2. The van der Waals surface area contributed by atoms with E-state index >= 15 is 0 Å². The second kappa shape index (κ2) is 8.14. The summed E-state index contributed by atoms with van der Waals surface area (Å²) in [6, 6.07) is 13.8. The number of nitrogens with zero attached hydrogens (tertiary/aromatic N) is 2. The Morgan fingerprint density at radius 3 is 2.53 bits per heavy atom. The highest BCUT2D eigenvalue weighted by atomic mass is 35.5. The number of likely N-dealkylation sites (tertiary alicyclic amines) is 1. The van der Waals surface area contributed by atoms with Gasteiger partial charge in [-0.1, -0.05) is 23.7 Å². The quantitative estimate of drug-likeness (QED) is 0.694. The molecule has 3 nitrogen and oxygen atoms in total. The molecule has 1 saturated heterocycles. The highest BCUT2D eigenvalue weighted by molar-refractivity contribution is 6.30. The van der Waals surface area contributed by atoms with Crippen LogP contribution in [0.4, 0.5) is 10.1 Å². The van der Waals surface area contributed by atoms with Gasteiger partial charge in [0, 0.05) is 40.8 Å². The summed E-state index contributed by atoms with van der Waals surface area (Å²) < 4.78 is 14.3. The maximum atomic E-state index is 14.3. The highest BCUT2D eigenvalue weighted by Crippen LogP contribution is 2.49. The summed E-state index contributed by atoms with van der Waals surface area (Å²) in [7, 11) is 0. The summed E-state index contributed by atoms with van der Waals surface area (Å²) in [6.07, 6.45) is 3.09. The summed E-state index contributed by atoms with van der Waals surface area (Å²) in [5.74, 6) is -0.141. The normalized spacial score (nSPS) is 23.1. The van der Waals surface area contributed by atoms with Crippen LogP contribution >= 0.6 is 11.6 Å². The van der Waals surface area contributed by atoms with Crippen molar-refractivity contribution in [1.29, 1.82) is 0 Å². The molecule has 4 rings (SSSR count). The van der Waals surface area contributed by atoms with E-state index in [1.807, 2.05) is 18.2 Å². The van der Waals surface area contributed by atoms with Crippen LogP contribution in [0.3, 0.4) is 0 Å². The molecule has 0 aliphatic carbocycles. The van der Waals surface area contributed by atoms with Gasteiger partial charge in [0.25, 0.3) is 0 Å². The summed E-state index contributed by atoms with van der Waals surface area (Å²) in [5, 5.41) is 0.751. The minimum atomic E-state index is -0.141. The average molecular weight is 430 g/mol. The van der Waals surface area contributed by atoms with E-state index in [9.17, 15) is 4.39 Å². The number of benzene rings is 2. The van der Waals surface area contributed by atoms with Crippen molar-refractivity contribution in [3.8, 4) is 0 Å². The molecular weight excluding hydrogens is 397 g/mol. The molecular formula is C25H33ClFN3. The smallest absolute Gasteiger partial charge is 0.123 e. The van der Waals surface area contributed by atoms with Crippen molar-refractivity contribution >= 4 is 17.3 Å². The number of fused-ring (bicyclic) bond motifs is 2. The lowest BCUT2D eigenvalue weighted by atomic mass is 9.74. The molecule has 1 spiro atoms.